The molecule has 2 heterocycles. The van der Waals surface area contributed by atoms with E-state index in [1.807, 2.05) is 16.8 Å². The molecule has 0 radical (unpaired) electrons. The van der Waals surface area contributed by atoms with E-state index in [2.05, 4.69) is 36.9 Å². The van der Waals surface area contributed by atoms with Crippen molar-refractivity contribution in [1.82, 2.24) is 14.8 Å². The predicted octanol–water partition coefficient (Wildman–Crippen LogP) is 3.28. The van der Waals surface area contributed by atoms with Crippen LogP contribution in [0.15, 0.2) is 18.2 Å². The largest absolute Gasteiger partial charge is 0.383 e. The lowest BCUT2D eigenvalue weighted by molar-refractivity contribution is 0.617. The van der Waals surface area contributed by atoms with Crippen LogP contribution >= 0.6 is 0 Å². The third-order valence-corrected chi connectivity index (χ3v) is 3.86. The number of aromatic nitrogens is 3. The summed E-state index contributed by atoms with van der Waals surface area (Å²) in [6.07, 6.45) is 0.973. The molecule has 0 atom stereocenters. The Bertz CT molecular complexity index is 816. The minimum Gasteiger partial charge on any atom is -0.383 e. The molecule has 3 rings (SSSR count). The number of aryl methyl sites for hydroxylation is 1. The number of nitrogens with two attached hydrogens (primary N) is 2. The number of anilines is 2. The van der Waals surface area contributed by atoms with Crippen LogP contribution in [0.25, 0.3) is 21.8 Å². The number of pyridine rings is 1. The summed E-state index contributed by atoms with van der Waals surface area (Å²) in [6.45, 7) is 7.23. The Morgan fingerprint density at radius 3 is 2.62 bits per heavy atom. The van der Waals surface area contributed by atoms with Crippen molar-refractivity contribution in [3.8, 4) is 0 Å². The number of nitrogen functional groups attached to an aromatic ring is 2. The van der Waals surface area contributed by atoms with Crippen LogP contribution in [-0.4, -0.2) is 14.8 Å². The van der Waals surface area contributed by atoms with Gasteiger partial charge in [0, 0.05) is 11.9 Å². The molecule has 3 aromatic rings. The van der Waals surface area contributed by atoms with Gasteiger partial charge in [-0.2, -0.15) is 5.10 Å². The Labute approximate surface area is 123 Å². The number of hydrogen-bond acceptors (Lipinski definition) is 4. The first-order chi connectivity index (χ1) is 10.0. The summed E-state index contributed by atoms with van der Waals surface area (Å²) in [7, 11) is 0. The molecular weight excluding hydrogens is 262 g/mol. The maximum Gasteiger partial charge on any atom is 0.152 e. The summed E-state index contributed by atoms with van der Waals surface area (Å²) in [4.78, 5) is 4.51. The molecule has 1 aromatic carbocycles. The highest BCUT2D eigenvalue weighted by Gasteiger charge is 2.18. The zero-order valence-corrected chi connectivity index (χ0v) is 12.7. The predicted molar refractivity (Wildman–Crippen MR) is 88.2 cm³/mol. The second-order valence-corrected chi connectivity index (χ2v) is 5.73. The van der Waals surface area contributed by atoms with E-state index in [4.69, 9.17) is 11.5 Å². The van der Waals surface area contributed by atoms with E-state index in [1.54, 1.807) is 0 Å². The molecule has 0 bridgehead atoms. The number of hydrogen-bond donors (Lipinski definition) is 2. The van der Waals surface area contributed by atoms with Crippen LogP contribution in [0.1, 0.15) is 38.7 Å². The van der Waals surface area contributed by atoms with Gasteiger partial charge in [-0.1, -0.05) is 32.9 Å². The van der Waals surface area contributed by atoms with Gasteiger partial charge in [0.1, 0.15) is 11.3 Å². The van der Waals surface area contributed by atoms with Gasteiger partial charge in [-0.05, 0) is 24.0 Å². The van der Waals surface area contributed by atoms with Crippen LogP contribution in [0.2, 0.25) is 0 Å². The highest BCUT2D eigenvalue weighted by molar-refractivity contribution is 6.14. The number of benzene rings is 1. The van der Waals surface area contributed by atoms with Gasteiger partial charge in [0.15, 0.2) is 5.82 Å². The minimum absolute atomic E-state index is 0.385. The third-order valence-electron chi connectivity index (χ3n) is 3.86. The zero-order valence-electron chi connectivity index (χ0n) is 12.7. The molecular formula is C16H21N5. The van der Waals surface area contributed by atoms with Crippen LogP contribution in [0.5, 0.6) is 0 Å². The summed E-state index contributed by atoms with van der Waals surface area (Å²) < 4.78 is 1.83. The van der Waals surface area contributed by atoms with Crippen molar-refractivity contribution in [1.29, 1.82) is 0 Å². The average Bonchev–Trinajstić information content (AvgIpc) is 2.77. The Hall–Kier alpha value is -2.30. The number of fused-ring (bicyclic) bond motifs is 3. The highest BCUT2D eigenvalue weighted by atomic mass is 15.3. The summed E-state index contributed by atoms with van der Waals surface area (Å²) in [5, 5.41) is 6.58. The van der Waals surface area contributed by atoms with Crippen molar-refractivity contribution in [2.75, 3.05) is 11.5 Å². The standard InChI is InChI=1S/C16H21N5/c1-4-8-21-16(18)13-12-10(9(2)3)6-5-7-11(12)19-15(17)14(13)20-21/h5-7,9H,4,8,18H2,1-3H3,(H2,17,19). The Morgan fingerprint density at radius 2 is 1.95 bits per heavy atom. The van der Waals surface area contributed by atoms with Gasteiger partial charge in [0.05, 0.1) is 10.9 Å². The summed E-state index contributed by atoms with van der Waals surface area (Å²) in [5.74, 6) is 1.51. The van der Waals surface area contributed by atoms with Gasteiger partial charge in [0.25, 0.3) is 0 Å². The van der Waals surface area contributed by atoms with E-state index < -0.39 is 0 Å². The molecule has 0 spiro atoms. The van der Waals surface area contributed by atoms with Gasteiger partial charge >= 0.3 is 0 Å². The van der Waals surface area contributed by atoms with E-state index in [1.165, 1.54) is 5.56 Å². The number of nitrogens with zero attached hydrogens (tertiary/aromatic N) is 3. The summed E-state index contributed by atoms with van der Waals surface area (Å²) in [5.41, 5.74) is 15.3. The van der Waals surface area contributed by atoms with Crippen molar-refractivity contribution in [2.45, 2.75) is 39.7 Å². The van der Waals surface area contributed by atoms with E-state index >= 15 is 0 Å². The molecule has 0 aliphatic rings. The van der Waals surface area contributed by atoms with Crippen LogP contribution in [-0.2, 0) is 6.54 Å². The third kappa shape index (κ3) is 2.00. The SMILES string of the molecule is CCCn1nc2c(N)nc3cccc(C(C)C)c3c2c1N. The summed E-state index contributed by atoms with van der Waals surface area (Å²) in [6, 6.07) is 6.12. The molecule has 5 nitrogen and oxygen atoms in total. The fourth-order valence-electron chi connectivity index (χ4n) is 2.87. The first-order valence-corrected chi connectivity index (χ1v) is 7.38. The lowest BCUT2D eigenvalue weighted by Crippen LogP contribution is -2.03. The Morgan fingerprint density at radius 1 is 1.19 bits per heavy atom. The molecule has 2 aromatic heterocycles. The first kappa shape index (κ1) is 13.7. The average molecular weight is 283 g/mol. The Kier molecular flexibility index (Phi) is 3.20. The van der Waals surface area contributed by atoms with Gasteiger partial charge < -0.3 is 11.5 Å². The molecule has 0 unspecified atom stereocenters. The molecule has 0 fully saturated rings. The van der Waals surface area contributed by atoms with E-state index in [0.717, 1.165) is 29.3 Å². The monoisotopic (exact) mass is 283 g/mol. The van der Waals surface area contributed by atoms with E-state index in [-0.39, 0.29) is 0 Å². The maximum absolute atomic E-state index is 6.35. The van der Waals surface area contributed by atoms with Crippen LogP contribution < -0.4 is 11.5 Å². The van der Waals surface area contributed by atoms with E-state index in [0.29, 0.717) is 23.1 Å². The molecule has 110 valence electrons. The molecule has 0 saturated carbocycles. The molecule has 0 aliphatic heterocycles. The lowest BCUT2D eigenvalue weighted by atomic mass is 9.96. The first-order valence-electron chi connectivity index (χ1n) is 7.38. The van der Waals surface area contributed by atoms with Gasteiger partial charge in [0.2, 0.25) is 0 Å². The van der Waals surface area contributed by atoms with Crippen molar-refractivity contribution in [3.05, 3.63) is 23.8 Å². The second kappa shape index (κ2) is 4.91. The van der Waals surface area contributed by atoms with Gasteiger partial charge in [-0.15, -0.1) is 0 Å². The maximum atomic E-state index is 6.35. The van der Waals surface area contributed by atoms with Crippen LogP contribution in [0, 0.1) is 0 Å². The second-order valence-electron chi connectivity index (χ2n) is 5.73. The molecule has 4 N–H and O–H groups in total. The zero-order chi connectivity index (χ0) is 15.1. The molecule has 0 aliphatic carbocycles. The van der Waals surface area contributed by atoms with Gasteiger partial charge in [-0.3, -0.25) is 0 Å². The molecule has 0 amide bonds. The van der Waals surface area contributed by atoms with Crippen molar-refractivity contribution in [3.63, 3.8) is 0 Å². The van der Waals surface area contributed by atoms with Crippen molar-refractivity contribution >= 4 is 33.4 Å². The van der Waals surface area contributed by atoms with Crippen molar-refractivity contribution in [2.24, 2.45) is 0 Å². The molecule has 5 heteroatoms. The smallest absolute Gasteiger partial charge is 0.152 e. The quantitative estimate of drug-likeness (QED) is 0.772. The fraction of sp³-hybridized carbons (Fsp3) is 0.375. The van der Waals surface area contributed by atoms with Gasteiger partial charge in [-0.25, -0.2) is 9.67 Å². The topological polar surface area (TPSA) is 82.8 Å². The fourth-order valence-corrected chi connectivity index (χ4v) is 2.87. The normalized spacial score (nSPS) is 11.8. The van der Waals surface area contributed by atoms with Crippen molar-refractivity contribution < 1.29 is 0 Å². The summed E-state index contributed by atoms with van der Waals surface area (Å²) >= 11 is 0. The highest BCUT2D eigenvalue weighted by Crippen LogP contribution is 2.36. The lowest BCUT2D eigenvalue weighted by Gasteiger charge is -2.11. The molecule has 21 heavy (non-hydrogen) atoms. The number of rotatable bonds is 3. The van der Waals surface area contributed by atoms with Crippen LogP contribution in [0.4, 0.5) is 11.6 Å². The Balaban J connectivity index is 2.50. The molecule has 0 saturated heterocycles. The van der Waals surface area contributed by atoms with E-state index in [9.17, 15) is 0 Å². The van der Waals surface area contributed by atoms with Crippen LogP contribution in [0.3, 0.4) is 0 Å². The minimum atomic E-state index is 0.385.